The van der Waals surface area contributed by atoms with Crippen LogP contribution in [0.3, 0.4) is 0 Å². The Hall–Kier alpha value is -1.46. The number of aliphatic hydroxyl groups excluding tert-OH is 1. The minimum Gasteiger partial charge on any atom is -0.423 e. The van der Waals surface area contributed by atoms with Gasteiger partial charge < -0.3 is 14.6 Å². The smallest absolute Gasteiger partial charge is 0.315 e. The highest BCUT2D eigenvalue weighted by molar-refractivity contribution is 5.78. The van der Waals surface area contributed by atoms with Crippen LogP contribution in [0.15, 0.2) is 12.1 Å². The molecule has 1 aromatic rings. The number of carbonyl (C=O) groups excluding carboxylic acids is 1. The van der Waals surface area contributed by atoms with Crippen LogP contribution in [-0.2, 0) is 16.0 Å². The molecule has 1 fully saturated rings. The highest BCUT2D eigenvalue weighted by atomic mass is 19.1. The van der Waals surface area contributed by atoms with Gasteiger partial charge in [0, 0.05) is 12.7 Å². The molecule has 1 heterocycles. The molecule has 3 unspecified atom stereocenters. The maximum Gasteiger partial charge on any atom is 0.315 e. The largest absolute Gasteiger partial charge is 0.423 e. The van der Waals surface area contributed by atoms with Crippen LogP contribution in [0.4, 0.5) is 4.39 Å². The number of aliphatic hydroxyl groups is 1. The predicted molar refractivity (Wildman–Crippen MR) is 91.8 cm³/mol. The van der Waals surface area contributed by atoms with Gasteiger partial charge in [-0.3, -0.25) is 4.79 Å². The lowest BCUT2D eigenvalue weighted by Crippen LogP contribution is -2.37. The molecule has 0 radical (unpaired) electrons. The standard InChI is InChI=1S/C20H27FO4/c1-11(13-4-7-15(24-3)8-5-13)17-10-14-6-9-16(12(2)22)18(21)19(14)25-20(17)23/h6,9,11-13,15,17,22H,4-5,7-8,10H2,1-3H3. The Morgan fingerprint density at radius 2 is 1.92 bits per heavy atom. The van der Waals surface area contributed by atoms with Gasteiger partial charge in [0.15, 0.2) is 11.6 Å². The van der Waals surface area contributed by atoms with Crippen molar-refractivity contribution in [3.63, 3.8) is 0 Å². The minimum absolute atomic E-state index is 0.00468. The first-order valence-corrected chi connectivity index (χ1v) is 9.16. The van der Waals surface area contributed by atoms with E-state index in [-0.39, 0.29) is 29.1 Å². The Balaban J connectivity index is 1.76. The van der Waals surface area contributed by atoms with E-state index in [9.17, 15) is 14.3 Å². The van der Waals surface area contributed by atoms with Crippen molar-refractivity contribution in [2.45, 2.75) is 58.2 Å². The van der Waals surface area contributed by atoms with E-state index in [1.807, 2.05) is 0 Å². The summed E-state index contributed by atoms with van der Waals surface area (Å²) in [5, 5.41) is 9.63. The third-order valence-electron chi connectivity index (χ3n) is 6.03. The van der Waals surface area contributed by atoms with Crippen LogP contribution >= 0.6 is 0 Å². The second-order valence-electron chi connectivity index (χ2n) is 7.50. The number of benzene rings is 1. The second-order valence-corrected chi connectivity index (χ2v) is 7.50. The topological polar surface area (TPSA) is 55.8 Å². The van der Waals surface area contributed by atoms with Gasteiger partial charge in [-0.2, -0.15) is 0 Å². The molecule has 138 valence electrons. The summed E-state index contributed by atoms with van der Waals surface area (Å²) in [5.41, 5.74) is 0.875. The number of esters is 1. The second kappa shape index (κ2) is 7.42. The number of hydrogen-bond acceptors (Lipinski definition) is 4. The first-order valence-electron chi connectivity index (χ1n) is 9.16. The monoisotopic (exact) mass is 350 g/mol. The highest BCUT2D eigenvalue weighted by Gasteiger charge is 2.39. The van der Waals surface area contributed by atoms with E-state index in [0.717, 1.165) is 25.7 Å². The number of fused-ring (bicyclic) bond motifs is 1. The summed E-state index contributed by atoms with van der Waals surface area (Å²) in [7, 11) is 1.75. The lowest BCUT2D eigenvalue weighted by molar-refractivity contribution is -0.143. The maximum atomic E-state index is 14.5. The summed E-state index contributed by atoms with van der Waals surface area (Å²) >= 11 is 0. The van der Waals surface area contributed by atoms with Gasteiger partial charge in [0.05, 0.1) is 18.1 Å². The quantitative estimate of drug-likeness (QED) is 0.663. The number of rotatable bonds is 4. The van der Waals surface area contributed by atoms with Crippen molar-refractivity contribution >= 4 is 5.97 Å². The van der Waals surface area contributed by atoms with E-state index in [1.165, 1.54) is 6.92 Å². The Morgan fingerprint density at radius 3 is 2.52 bits per heavy atom. The number of ether oxygens (including phenoxy) is 2. The fraction of sp³-hybridized carbons (Fsp3) is 0.650. The molecule has 3 rings (SSSR count). The van der Waals surface area contributed by atoms with Crippen LogP contribution in [0.2, 0.25) is 0 Å². The van der Waals surface area contributed by atoms with Crippen LogP contribution in [0.25, 0.3) is 0 Å². The van der Waals surface area contributed by atoms with E-state index < -0.39 is 11.9 Å². The van der Waals surface area contributed by atoms with E-state index in [1.54, 1.807) is 19.2 Å². The predicted octanol–water partition coefficient (Wildman–Crippen LogP) is 3.80. The molecule has 5 heteroatoms. The third kappa shape index (κ3) is 3.58. The summed E-state index contributed by atoms with van der Waals surface area (Å²) in [6.07, 6.45) is 4.03. The molecule has 25 heavy (non-hydrogen) atoms. The molecule has 2 aliphatic rings. The summed E-state index contributed by atoms with van der Waals surface area (Å²) in [4.78, 5) is 12.5. The lowest BCUT2D eigenvalue weighted by Gasteiger charge is -2.36. The summed E-state index contributed by atoms with van der Waals surface area (Å²) < 4.78 is 25.3. The van der Waals surface area contributed by atoms with Crippen LogP contribution in [0, 0.1) is 23.6 Å². The zero-order valence-electron chi connectivity index (χ0n) is 15.1. The SMILES string of the molecule is COC1CCC(C(C)C2Cc3ccc(C(C)O)c(F)c3OC2=O)CC1. The molecule has 0 aromatic heterocycles. The van der Waals surface area contributed by atoms with Crippen LogP contribution in [0.1, 0.15) is 56.8 Å². The Labute approximate surface area is 148 Å². The van der Waals surface area contributed by atoms with Gasteiger partial charge in [0.1, 0.15) is 0 Å². The summed E-state index contributed by atoms with van der Waals surface area (Å²) in [5.74, 6) is -0.559. The van der Waals surface area contributed by atoms with E-state index in [4.69, 9.17) is 9.47 Å². The molecule has 1 aromatic carbocycles. The molecular formula is C20H27FO4. The molecule has 0 bridgehead atoms. The Bertz CT molecular complexity index is 635. The lowest BCUT2D eigenvalue weighted by atomic mass is 9.72. The summed E-state index contributed by atoms with van der Waals surface area (Å²) in [6, 6.07) is 3.36. The number of halogens is 1. The van der Waals surface area contributed by atoms with Crippen molar-refractivity contribution in [3.8, 4) is 5.75 Å². The van der Waals surface area contributed by atoms with Crippen molar-refractivity contribution in [1.82, 2.24) is 0 Å². The molecule has 1 N–H and O–H groups in total. The first kappa shape index (κ1) is 18.3. The van der Waals surface area contributed by atoms with E-state index in [2.05, 4.69) is 6.92 Å². The van der Waals surface area contributed by atoms with Gasteiger partial charge in [-0.15, -0.1) is 0 Å². The highest BCUT2D eigenvalue weighted by Crippen LogP contribution is 2.41. The minimum atomic E-state index is -0.934. The fourth-order valence-corrected chi connectivity index (χ4v) is 4.28. The zero-order valence-corrected chi connectivity index (χ0v) is 15.1. The van der Waals surface area contributed by atoms with Gasteiger partial charge in [0.2, 0.25) is 0 Å². The molecule has 0 amide bonds. The van der Waals surface area contributed by atoms with Crippen LogP contribution in [-0.4, -0.2) is 24.3 Å². The van der Waals surface area contributed by atoms with Gasteiger partial charge in [-0.05, 0) is 56.4 Å². The Morgan fingerprint density at radius 1 is 1.24 bits per heavy atom. The van der Waals surface area contributed by atoms with Gasteiger partial charge >= 0.3 is 5.97 Å². The molecule has 3 atom stereocenters. The van der Waals surface area contributed by atoms with Crippen molar-refractivity contribution in [2.75, 3.05) is 7.11 Å². The van der Waals surface area contributed by atoms with Crippen molar-refractivity contribution in [2.24, 2.45) is 17.8 Å². The van der Waals surface area contributed by atoms with Crippen molar-refractivity contribution < 1.29 is 23.8 Å². The number of methoxy groups -OCH3 is 1. The average Bonchev–Trinajstić information content (AvgIpc) is 2.61. The Kier molecular flexibility index (Phi) is 5.44. The summed E-state index contributed by atoms with van der Waals surface area (Å²) in [6.45, 7) is 3.60. The first-order chi connectivity index (χ1) is 11.9. The molecule has 0 saturated heterocycles. The van der Waals surface area contributed by atoms with Gasteiger partial charge in [-0.25, -0.2) is 4.39 Å². The van der Waals surface area contributed by atoms with E-state index >= 15 is 0 Å². The molecule has 1 aliphatic heterocycles. The molecular weight excluding hydrogens is 323 g/mol. The fourth-order valence-electron chi connectivity index (χ4n) is 4.28. The van der Waals surface area contributed by atoms with Crippen LogP contribution in [0.5, 0.6) is 5.75 Å². The number of carbonyl (C=O) groups is 1. The van der Waals surface area contributed by atoms with E-state index in [0.29, 0.717) is 24.0 Å². The number of hydrogen-bond donors (Lipinski definition) is 1. The maximum absolute atomic E-state index is 14.5. The average molecular weight is 350 g/mol. The van der Waals surface area contributed by atoms with Crippen molar-refractivity contribution in [1.29, 1.82) is 0 Å². The zero-order chi connectivity index (χ0) is 18.1. The molecule has 1 saturated carbocycles. The van der Waals surface area contributed by atoms with Crippen LogP contribution < -0.4 is 4.74 Å². The van der Waals surface area contributed by atoms with Gasteiger partial charge in [-0.1, -0.05) is 19.1 Å². The molecule has 1 aliphatic carbocycles. The van der Waals surface area contributed by atoms with Crippen molar-refractivity contribution in [3.05, 3.63) is 29.1 Å². The third-order valence-corrected chi connectivity index (χ3v) is 6.03. The normalized spacial score (nSPS) is 28.8. The molecule has 0 spiro atoms. The molecule has 4 nitrogen and oxygen atoms in total. The van der Waals surface area contributed by atoms with Gasteiger partial charge in [0.25, 0.3) is 0 Å².